The summed E-state index contributed by atoms with van der Waals surface area (Å²) in [6.07, 6.45) is 5.09. The van der Waals surface area contributed by atoms with Crippen molar-refractivity contribution in [1.82, 2.24) is 10.2 Å². The van der Waals surface area contributed by atoms with Crippen LogP contribution in [-0.2, 0) is 4.79 Å². The van der Waals surface area contributed by atoms with Crippen LogP contribution in [0.5, 0.6) is 0 Å². The Balaban J connectivity index is 2.25. The first-order valence-electron chi connectivity index (χ1n) is 6.49. The molecule has 0 bridgehead atoms. The molecule has 16 heavy (non-hydrogen) atoms. The number of amides is 1. The van der Waals surface area contributed by atoms with Gasteiger partial charge in [0.15, 0.2) is 0 Å². The fourth-order valence-electron chi connectivity index (χ4n) is 2.26. The molecule has 94 valence electrons. The molecule has 1 aliphatic carbocycles. The van der Waals surface area contributed by atoms with Gasteiger partial charge in [-0.1, -0.05) is 19.8 Å². The van der Waals surface area contributed by atoms with Gasteiger partial charge in [0.05, 0.1) is 6.54 Å². The highest BCUT2D eigenvalue weighted by molar-refractivity contribution is 5.78. The van der Waals surface area contributed by atoms with Gasteiger partial charge >= 0.3 is 0 Å². The number of carbonyl (C=O) groups is 1. The zero-order valence-electron chi connectivity index (χ0n) is 11.1. The molecule has 0 aromatic heterocycles. The van der Waals surface area contributed by atoms with E-state index >= 15 is 0 Å². The van der Waals surface area contributed by atoms with Crippen LogP contribution in [0.25, 0.3) is 0 Å². The highest BCUT2D eigenvalue weighted by Crippen LogP contribution is 2.23. The van der Waals surface area contributed by atoms with Crippen molar-refractivity contribution in [3.05, 3.63) is 0 Å². The Kier molecular flexibility index (Phi) is 5.26. The standard InChI is InChI=1S/C13H26N2O/c1-10(2)15(4)13(16)9-14-12-7-5-6-11(3)8-12/h10-12,14H,5-9H2,1-4H3. The molecule has 1 N–H and O–H groups in total. The molecule has 1 amide bonds. The molecule has 3 heteroatoms. The maximum Gasteiger partial charge on any atom is 0.236 e. The monoisotopic (exact) mass is 226 g/mol. The summed E-state index contributed by atoms with van der Waals surface area (Å²) in [4.78, 5) is 13.6. The lowest BCUT2D eigenvalue weighted by Gasteiger charge is -2.29. The zero-order chi connectivity index (χ0) is 12.1. The van der Waals surface area contributed by atoms with Gasteiger partial charge in [-0.3, -0.25) is 4.79 Å². The van der Waals surface area contributed by atoms with Crippen LogP contribution in [-0.4, -0.2) is 36.5 Å². The molecule has 1 aliphatic rings. The molecular weight excluding hydrogens is 200 g/mol. The van der Waals surface area contributed by atoms with Crippen molar-refractivity contribution in [3.63, 3.8) is 0 Å². The number of hydrogen-bond donors (Lipinski definition) is 1. The van der Waals surface area contributed by atoms with Gasteiger partial charge < -0.3 is 10.2 Å². The molecular formula is C13H26N2O. The molecule has 0 aromatic rings. The Morgan fingerprint density at radius 2 is 2.12 bits per heavy atom. The maximum absolute atomic E-state index is 11.8. The molecule has 0 heterocycles. The third-order valence-electron chi connectivity index (χ3n) is 3.65. The van der Waals surface area contributed by atoms with Crippen LogP contribution in [0.3, 0.4) is 0 Å². The lowest BCUT2D eigenvalue weighted by atomic mass is 9.87. The first kappa shape index (κ1) is 13.5. The molecule has 1 saturated carbocycles. The minimum Gasteiger partial charge on any atom is -0.342 e. The Morgan fingerprint density at radius 1 is 1.44 bits per heavy atom. The summed E-state index contributed by atoms with van der Waals surface area (Å²) in [7, 11) is 1.87. The third-order valence-corrected chi connectivity index (χ3v) is 3.65. The average molecular weight is 226 g/mol. The van der Waals surface area contributed by atoms with Crippen molar-refractivity contribution < 1.29 is 4.79 Å². The predicted octanol–water partition coefficient (Wildman–Crippen LogP) is 2.02. The van der Waals surface area contributed by atoms with E-state index in [0.717, 1.165) is 5.92 Å². The van der Waals surface area contributed by atoms with Gasteiger partial charge in [-0.25, -0.2) is 0 Å². The normalized spacial score (nSPS) is 25.8. The van der Waals surface area contributed by atoms with Gasteiger partial charge in [-0.2, -0.15) is 0 Å². The van der Waals surface area contributed by atoms with Gasteiger partial charge in [-0.15, -0.1) is 0 Å². The molecule has 0 spiro atoms. The van der Waals surface area contributed by atoms with E-state index in [-0.39, 0.29) is 5.91 Å². The van der Waals surface area contributed by atoms with Gasteiger partial charge in [0.25, 0.3) is 0 Å². The highest BCUT2D eigenvalue weighted by Gasteiger charge is 2.20. The van der Waals surface area contributed by atoms with Crippen LogP contribution in [0.4, 0.5) is 0 Å². The number of nitrogens with zero attached hydrogens (tertiary/aromatic N) is 1. The smallest absolute Gasteiger partial charge is 0.236 e. The molecule has 0 aliphatic heterocycles. The van der Waals surface area contributed by atoms with E-state index in [1.54, 1.807) is 4.90 Å². The summed E-state index contributed by atoms with van der Waals surface area (Å²) in [5, 5.41) is 3.40. The van der Waals surface area contributed by atoms with Crippen LogP contribution < -0.4 is 5.32 Å². The van der Waals surface area contributed by atoms with Gasteiger partial charge in [0.2, 0.25) is 5.91 Å². The Bertz CT molecular complexity index is 228. The van der Waals surface area contributed by atoms with Crippen LogP contribution in [0.1, 0.15) is 46.5 Å². The summed E-state index contributed by atoms with van der Waals surface area (Å²) in [5.74, 6) is 1.01. The molecule has 0 saturated heterocycles. The topological polar surface area (TPSA) is 32.3 Å². The fourth-order valence-corrected chi connectivity index (χ4v) is 2.26. The Labute approximate surface area is 99.6 Å². The minimum absolute atomic E-state index is 0.202. The van der Waals surface area contributed by atoms with Crippen molar-refractivity contribution in [2.75, 3.05) is 13.6 Å². The summed E-state index contributed by atoms with van der Waals surface area (Å²) in [6.45, 7) is 6.88. The van der Waals surface area contributed by atoms with Crippen molar-refractivity contribution in [3.8, 4) is 0 Å². The summed E-state index contributed by atoms with van der Waals surface area (Å²) >= 11 is 0. The second kappa shape index (κ2) is 6.24. The maximum atomic E-state index is 11.8. The quantitative estimate of drug-likeness (QED) is 0.795. The van der Waals surface area contributed by atoms with Gasteiger partial charge in [0, 0.05) is 19.1 Å². The first-order chi connectivity index (χ1) is 7.50. The lowest BCUT2D eigenvalue weighted by molar-refractivity contribution is -0.130. The van der Waals surface area contributed by atoms with Crippen molar-refractivity contribution >= 4 is 5.91 Å². The number of carbonyl (C=O) groups excluding carboxylic acids is 1. The van der Waals surface area contributed by atoms with E-state index in [1.807, 2.05) is 20.9 Å². The first-order valence-corrected chi connectivity index (χ1v) is 6.49. The predicted molar refractivity (Wildman–Crippen MR) is 67.3 cm³/mol. The van der Waals surface area contributed by atoms with E-state index in [1.165, 1.54) is 25.7 Å². The van der Waals surface area contributed by atoms with Crippen LogP contribution in [0, 0.1) is 5.92 Å². The summed E-state index contributed by atoms with van der Waals surface area (Å²) in [5.41, 5.74) is 0. The van der Waals surface area contributed by atoms with Crippen LogP contribution in [0.2, 0.25) is 0 Å². The highest BCUT2D eigenvalue weighted by atomic mass is 16.2. The van der Waals surface area contributed by atoms with Crippen molar-refractivity contribution in [2.24, 2.45) is 5.92 Å². The van der Waals surface area contributed by atoms with E-state index in [2.05, 4.69) is 12.2 Å². The number of hydrogen-bond acceptors (Lipinski definition) is 2. The molecule has 1 fully saturated rings. The van der Waals surface area contributed by atoms with Crippen LogP contribution >= 0.6 is 0 Å². The summed E-state index contributed by atoms with van der Waals surface area (Å²) < 4.78 is 0. The molecule has 2 atom stereocenters. The summed E-state index contributed by atoms with van der Waals surface area (Å²) in [6, 6.07) is 0.841. The van der Waals surface area contributed by atoms with E-state index in [0.29, 0.717) is 18.6 Å². The second-order valence-corrected chi connectivity index (χ2v) is 5.45. The molecule has 0 radical (unpaired) electrons. The fraction of sp³-hybridized carbons (Fsp3) is 0.923. The minimum atomic E-state index is 0.202. The number of nitrogens with one attached hydrogen (secondary N) is 1. The second-order valence-electron chi connectivity index (χ2n) is 5.45. The van der Waals surface area contributed by atoms with Crippen molar-refractivity contribution in [1.29, 1.82) is 0 Å². The van der Waals surface area contributed by atoms with E-state index < -0.39 is 0 Å². The SMILES string of the molecule is CC1CCCC(NCC(=O)N(C)C(C)C)C1. The van der Waals surface area contributed by atoms with Gasteiger partial charge in [-0.05, 0) is 32.6 Å². The van der Waals surface area contributed by atoms with Crippen molar-refractivity contribution in [2.45, 2.75) is 58.5 Å². The number of rotatable bonds is 4. The molecule has 1 rings (SSSR count). The van der Waals surface area contributed by atoms with Gasteiger partial charge in [0.1, 0.15) is 0 Å². The van der Waals surface area contributed by atoms with E-state index in [9.17, 15) is 4.79 Å². The molecule has 0 aromatic carbocycles. The van der Waals surface area contributed by atoms with E-state index in [4.69, 9.17) is 0 Å². The third kappa shape index (κ3) is 4.12. The largest absolute Gasteiger partial charge is 0.342 e. The molecule has 2 unspecified atom stereocenters. The molecule has 3 nitrogen and oxygen atoms in total. The Morgan fingerprint density at radius 3 is 2.69 bits per heavy atom. The average Bonchev–Trinajstić information content (AvgIpc) is 2.24. The Hall–Kier alpha value is -0.570. The lowest BCUT2D eigenvalue weighted by Crippen LogP contribution is -2.43. The zero-order valence-corrected chi connectivity index (χ0v) is 11.1. The number of likely N-dealkylation sites (N-methyl/N-ethyl adjacent to an activating group) is 1. The van der Waals surface area contributed by atoms with Crippen LogP contribution in [0.15, 0.2) is 0 Å².